The van der Waals surface area contributed by atoms with E-state index >= 15 is 0 Å². The van der Waals surface area contributed by atoms with Crippen LogP contribution in [0.25, 0.3) is 5.57 Å². The quantitative estimate of drug-likeness (QED) is 0.649. The molecule has 0 aliphatic carbocycles. The van der Waals surface area contributed by atoms with Crippen LogP contribution in [0.15, 0.2) is 83.9 Å². The summed E-state index contributed by atoms with van der Waals surface area (Å²) in [5.74, 6) is 0. The van der Waals surface area contributed by atoms with Crippen LogP contribution < -0.4 is 0 Å². The SMILES string of the molecule is Cc1ccc(S(=O)(=O)n2cccc2CN2CC=C(c3ccccc3)CC2)cc1. The van der Waals surface area contributed by atoms with Crippen molar-refractivity contribution in [1.29, 1.82) is 0 Å². The molecule has 0 unspecified atom stereocenters. The molecule has 3 aromatic rings. The summed E-state index contributed by atoms with van der Waals surface area (Å²) >= 11 is 0. The first-order valence-electron chi connectivity index (χ1n) is 9.49. The predicted octanol–water partition coefficient (Wildman–Crippen LogP) is 4.32. The monoisotopic (exact) mass is 392 g/mol. The predicted molar refractivity (Wildman–Crippen MR) is 113 cm³/mol. The lowest BCUT2D eigenvalue weighted by Gasteiger charge is -2.27. The van der Waals surface area contributed by atoms with E-state index in [1.165, 1.54) is 15.1 Å². The molecule has 2 aromatic carbocycles. The topological polar surface area (TPSA) is 42.3 Å². The largest absolute Gasteiger partial charge is 0.294 e. The van der Waals surface area contributed by atoms with Crippen molar-refractivity contribution in [1.82, 2.24) is 8.87 Å². The maximum Gasteiger partial charge on any atom is 0.267 e. The van der Waals surface area contributed by atoms with Gasteiger partial charge in [0, 0.05) is 31.5 Å². The Bertz CT molecular complexity index is 1080. The van der Waals surface area contributed by atoms with E-state index in [1.807, 2.05) is 31.2 Å². The molecular weight excluding hydrogens is 368 g/mol. The Labute approximate surface area is 166 Å². The first-order valence-corrected chi connectivity index (χ1v) is 10.9. The van der Waals surface area contributed by atoms with Crippen LogP contribution in [0, 0.1) is 6.92 Å². The van der Waals surface area contributed by atoms with Gasteiger partial charge in [-0.1, -0.05) is 54.1 Å². The lowest BCUT2D eigenvalue weighted by molar-refractivity contribution is 0.289. The summed E-state index contributed by atoms with van der Waals surface area (Å²) < 4.78 is 27.5. The molecule has 4 rings (SSSR count). The van der Waals surface area contributed by atoms with Gasteiger partial charge in [-0.15, -0.1) is 0 Å². The summed E-state index contributed by atoms with van der Waals surface area (Å²) in [6.07, 6.45) is 4.86. The fourth-order valence-electron chi connectivity index (χ4n) is 3.58. The smallest absolute Gasteiger partial charge is 0.267 e. The van der Waals surface area contributed by atoms with Crippen LogP contribution in [0.3, 0.4) is 0 Å². The van der Waals surface area contributed by atoms with E-state index in [0.29, 0.717) is 11.4 Å². The Kier molecular flexibility index (Phi) is 5.20. The lowest BCUT2D eigenvalue weighted by Crippen LogP contribution is -2.29. The van der Waals surface area contributed by atoms with Crippen LogP contribution in [0.5, 0.6) is 0 Å². The summed E-state index contributed by atoms with van der Waals surface area (Å²) in [5.41, 5.74) is 4.46. The molecular formula is C23H24N2O2S. The van der Waals surface area contributed by atoms with Crippen LogP contribution in [0.2, 0.25) is 0 Å². The zero-order chi connectivity index (χ0) is 19.6. The van der Waals surface area contributed by atoms with Crippen molar-refractivity contribution in [2.75, 3.05) is 13.1 Å². The number of hydrogen-bond acceptors (Lipinski definition) is 3. The van der Waals surface area contributed by atoms with Gasteiger partial charge in [0.15, 0.2) is 0 Å². The highest BCUT2D eigenvalue weighted by Crippen LogP contribution is 2.24. The van der Waals surface area contributed by atoms with E-state index < -0.39 is 10.0 Å². The Hall–Kier alpha value is -2.63. The molecule has 0 amide bonds. The Morgan fingerprint density at radius 2 is 1.68 bits per heavy atom. The number of rotatable bonds is 5. The van der Waals surface area contributed by atoms with Gasteiger partial charge < -0.3 is 0 Å². The fraction of sp³-hybridized carbons (Fsp3) is 0.217. The standard InChI is InChI=1S/C23H24N2O2S/c1-19-9-11-23(12-10-19)28(26,27)25-15-5-8-22(25)18-24-16-13-21(14-17-24)20-6-3-2-4-7-20/h2-13,15H,14,16-18H2,1H3. The van der Waals surface area contributed by atoms with Crippen molar-refractivity contribution in [2.45, 2.75) is 24.8 Å². The minimum absolute atomic E-state index is 0.320. The van der Waals surface area contributed by atoms with Gasteiger partial charge in [0.2, 0.25) is 0 Å². The zero-order valence-corrected chi connectivity index (χ0v) is 16.8. The maximum absolute atomic E-state index is 13.0. The molecule has 1 aliphatic heterocycles. The number of benzene rings is 2. The van der Waals surface area contributed by atoms with Crippen molar-refractivity contribution in [3.8, 4) is 0 Å². The minimum atomic E-state index is -3.57. The molecule has 2 heterocycles. The van der Waals surface area contributed by atoms with Gasteiger partial charge in [-0.05, 0) is 48.7 Å². The van der Waals surface area contributed by atoms with Crippen LogP contribution in [-0.4, -0.2) is 30.4 Å². The third-order valence-corrected chi connectivity index (χ3v) is 6.94. The molecule has 0 bridgehead atoms. The molecule has 0 N–H and O–H groups in total. The van der Waals surface area contributed by atoms with Crippen molar-refractivity contribution < 1.29 is 8.42 Å². The van der Waals surface area contributed by atoms with Crippen molar-refractivity contribution in [2.24, 2.45) is 0 Å². The maximum atomic E-state index is 13.0. The Balaban J connectivity index is 1.51. The first kappa shape index (κ1) is 18.7. The molecule has 0 spiro atoms. The molecule has 144 valence electrons. The third kappa shape index (κ3) is 3.81. The molecule has 0 radical (unpaired) electrons. The fourth-order valence-corrected chi connectivity index (χ4v) is 4.95. The number of aromatic nitrogens is 1. The van der Waals surface area contributed by atoms with E-state index in [2.05, 4.69) is 35.2 Å². The third-order valence-electron chi connectivity index (χ3n) is 5.19. The summed E-state index contributed by atoms with van der Waals surface area (Å²) in [5, 5.41) is 0. The molecule has 1 aromatic heterocycles. The van der Waals surface area contributed by atoms with E-state index in [9.17, 15) is 8.42 Å². The molecule has 5 heteroatoms. The van der Waals surface area contributed by atoms with E-state index in [1.54, 1.807) is 24.4 Å². The van der Waals surface area contributed by atoms with Crippen LogP contribution in [-0.2, 0) is 16.6 Å². The second-order valence-corrected chi connectivity index (χ2v) is 9.01. The van der Waals surface area contributed by atoms with Crippen molar-refractivity contribution in [3.05, 3.63) is 95.8 Å². The lowest BCUT2D eigenvalue weighted by atomic mass is 9.99. The van der Waals surface area contributed by atoms with Gasteiger partial charge in [0.25, 0.3) is 10.0 Å². The molecule has 0 fully saturated rings. The summed E-state index contributed by atoms with van der Waals surface area (Å²) in [6.45, 7) is 4.29. The van der Waals surface area contributed by atoms with Gasteiger partial charge in [0.1, 0.15) is 0 Å². The van der Waals surface area contributed by atoms with Gasteiger partial charge in [-0.2, -0.15) is 0 Å². The number of nitrogens with zero attached hydrogens (tertiary/aromatic N) is 2. The van der Waals surface area contributed by atoms with E-state index in [4.69, 9.17) is 0 Å². The highest BCUT2D eigenvalue weighted by atomic mass is 32.2. The Morgan fingerprint density at radius 1 is 0.929 bits per heavy atom. The number of hydrogen-bond donors (Lipinski definition) is 0. The second-order valence-electron chi connectivity index (χ2n) is 7.19. The normalized spacial score (nSPS) is 15.4. The van der Waals surface area contributed by atoms with Gasteiger partial charge >= 0.3 is 0 Å². The van der Waals surface area contributed by atoms with Crippen molar-refractivity contribution in [3.63, 3.8) is 0 Å². The summed E-state index contributed by atoms with van der Waals surface area (Å²) in [7, 11) is -3.57. The van der Waals surface area contributed by atoms with E-state index in [0.717, 1.165) is 30.8 Å². The Morgan fingerprint density at radius 3 is 2.36 bits per heavy atom. The van der Waals surface area contributed by atoms with Gasteiger partial charge in [-0.25, -0.2) is 12.4 Å². The minimum Gasteiger partial charge on any atom is -0.294 e. The molecule has 0 saturated heterocycles. The van der Waals surface area contributed by atoms with Gasteiger partial charge in [0.05, 0.1) is 4.90 Å². The molecule has 0 saturated carbocycles. The molecule has 4 nitrogen and oxygen atoms in total. The second kappa shape index (κ2) is 7.78. The molecule has 0 atom stereocenters. The molecule has 28 heavy (non-hydrogen) atoms. The highest BCUT2D eigenvalue weighted by Gasteiger charge is 2.21. The van der Waals surface area contributed by atoms with Crippen molar-refractivity contribution >= 4 is 15.6 Å². The zero-order valence-electron chi connectivity index (χ0n) is 16.0. The van der Waals surface area contributed by atoms with E-state index in [-0.39, 0.29) is 0 Å². The van der Waals surface area contributed by atoms with Crippen LogP contribution >= 0.6 is 0 Å². The average molecular weight is 393 g/mol. The summed E-state index contributed by atoms with van der Waals surface area (Å²) in [4.78, 5) is 2.60. The van der Waals surface area contributed by atoms with Crippen LogP contribution in [0.1, 0.15) is 23.2 Å². The number of aryl methyl sites for hydroxylation is 1. The molecule has 1 aliphatic rings. The highest BCUT2D eigenvalue weighted by molar-refractivity contribution is 7.90. The van der Waals surface area contributed by atoms with Crippen LogP contribution in [0.4, 0.5) is 0 Å². The first-order chi connectivity index (χ1) is 13.5. The van der Waals surface area contributed by atoms with Gasteiger partial charge in [-0.3, -0.25) is 4.90 Å². The average Bonchev–Trinajstić information content (AvgIpc) is 3.19. The summed E-state index contributed by atoms with van der Waals surface area (Å²) in [6, 6.07) is 21.1.